The van der Waals surface area contributed by atoms with Crippen molar-refractivity contribution in [3.8, 4) is 17.1 Å². The molecule has 6 nitrogen and oxygen atoms in total. The lowest BCUT2D eigenvalue weighted by Crippen LogP contribution is -2.14. The molecule has 0 spiro atoms. The van der Waals surface area contributed by atoms with Crippen molar-refractivity contribution in [1.82, 2.24) is 5.16 Å². The predicted octanol–water partition coefficient (Wildman–Crippen LogP) is 4.58. The molecule has 1 heterocycles. The molecule has 1 aromatic heterocycles. The van der Waals surface area contributed by atoms with Gasteiger partial charge in [-0.15, -0.1) is 0 Å². The molecule has 0 saturated heterocycles. The van der Waals surface area contributed by atoms with Crippen LogP contribution in [0.2, 0.25) is 0 Å². The highest BCUT2D eigenvalue weighted by molar-refractivity contribution is 7.92. The Morgan fingerprint density at radius 3 is 2.33 bits per heavy atom. The first-order valence-electron chi connectivity index (χ1n) is 8.54. The first-order chi connectivity index (χ1) is 12.8. The predicted molar refractivity (Wildman–Crippen MR) is 105 cm³/mol. The number of sulfonamides is 1. The number of hydrogen-bond donors (Lipinski definition) is 1. The summed E-state index contributed by atoms with van der Waals surface area (Å²) in [4.78, 5) is 0.0536. The summed E-state index contributed by atoms with van der Waals surface area (Å²) in [5.41, 5.74) is 3.07. The lowest BCUT2D eigenvalue weighted by molar-refractivity contribution is 0.402. The molecule has 1 N–H and O–H groups in total. The van der Waals surface area contributed by atoms with E-state index < -0.39 is 10.0 Å². The van der Waals surface area contributed by atoms with E-state index in [0.29, 0.717) is 22.9 Å². The Morgan fingerprint density at radius 2 is 1.78 bits per heavy atom. The first kappa shape index (κ1) is 19.0. The van der Waals surface area contributed by atoms with Crippen LogP contribution in [0.4, 0.5) is 5.69 Å². The van der Waals surface area contributed by atoms with Crippen LogP contribution in [0.5, 0.6) is 5.75 Å². The zero-order valence-corrected chi connectivity index (χ0v) is 16.5. The maximum atomic E-state index is 12.8. The van der Waals surface area contributed by atoms with E-state index in [1.165, 1.54) is 13.2 Å². The molecule has 0 aliphatic carbocycles. The highest BCUT2D eigenvalue weighted by atomic mass is 32.2. The van der Waals surface area contributed by atoms with Gasteiger partial charge in [0.05, 0.1) is 12.8 Å². The van der Waals surface area contributed by atoms with Crippen LogP contribution in [-0.4, -0.2) is 20.7 Å². The van der Waals surface area contributed by atoms with E-state index in [1.807, 2.05) is 19.1 Å². The van der Waals surface area contributed by atoms with E-state index in [0.717, 1.165) is 11.3 Å². The van der Waals surface area contributed by atoms with Crippen molar-refractivity contribution in [3.63, 3.8) is 0 Å². The number of aromatic nitrogens is 1. The fourth-order valence-corrected chi connectivity index (χ4v) is 3.90. The van der Waals surface area contributed by atoms with Gasteiger partial charge in [0.1, 0.15) is 10.6 Å². The molecule has 27 heavy (non-hydrogen) atoms. The van der Waals surface area contributed by atoms with Crippen molar-refractivity contribution in [1.29, 1.82) is 0 Å². The lowest BCUT2D eigenvalue weighted by Gasteiger charge is -2.13. The Morgan fingerprint density at radius 1 is 1.07 bits per heavy atom. The zero-order valence-electron chi connectivity index (χ0n) is 15.7. The summed E-state index contributed by atoms with van der Waals surface area (Å²) in [7, 11) is -2.37. The van der Waals surface area contributed by atoms with E-state index in [4.69, 9.17) is 9.26 Å². The monoisotopic (exact) mass is 386 g/mol. The number of methoxy groups -OCH3 is 1. The van der Waals surface area contributed by atoms with Gasteiger partial charge in [0.15, 0.2) is 5.76 Å². The molecule has 142 valence electrons. The number of rotatable bonds is 6. The molecule has 0 radical (unpaired) electrons. The highest BCUT2D eigenvalue weighted by Crippen LogP contribution is 2.31. The van der Waals surface area contributed by atoms with Gasteiger partial charge in [-0.1, -0.05) is 31.1 Å². The number of benzene rings is 2. The molecule has 0 saturated carbocycles. The smallest absolute Gasteiger partial charge is 0.265 e. The second-order valence-electron chi connectivity index (χ2n) is 6.58. The van der Waals surface area contributed by atoms with Gasteiger partial charge in [-0.3, -0.25) is 4.72 Å². The quantitative estimate of drug-likeness (QED) is 0.670. The van der Waals surface area contributed by atoms with Gasteiger partial charge in [-0.05, 0) is 48.7 Å². The topological polar surface area (TPSA) is 81.4 Å². The Hall–Kier alpha value is -2.80. The van der Waals surface area contributed by atoms with Crippen LogP contribution < -0.4 is 9.46 Å². The van der Waals surface area contributed by atoms with E-state index in [9.17, 15) is 8.42 Å². The molecule has 0 aliphatic rings. The van der Waals surface area contributed by atoms with Crippen molar-refractivity contribution in [2.45, 2.75) is 31.6 Å². The Bertz CT molecular complexity index is 1040. The van der Waals surface area contributed by atoms with Crippen molar-refractivity contribution < 1.29 is 17.7 Å². The molecule has 0 aliphatic heterocycles. The maximum absolute atomic E-state index is 12.8. The molecule has 0 amide bonds. The van der Waals surface area contributed by atoms with Gasteiger partial charge >= 0.3 is 0 Å². The minimum Gasteiger partial charge on any atom is -0.495 e. The molecular weight excluding hydrogens is 364 g/mol. The van der Waals surface area contributed by atoms with E-state index in [-0.39, 0.29) is 10.6 Å². The summed E-state index contributed by atoms with van der Waals surface area (Å²) >= 11 is 0. The van der Waals surface area contributed by atoms with Crippen molar-refractivity contribution >= 4 is 15.7 Å². The van der Waals surface area contributed by atoms with Gasteiger partial charge < -0.3 is 9.26 Å². The van der Waals surface area contributed by atoms with Crippen molar-refractivity contribution in [2.75, 3.05) is 11.8 Å². The molecule has 0 unspecified atom stereocenters. The van der Waals surface area contributed by atoms with E-state index in [2.05, 4.69) is 23.7 Å². The van der Waals surface area contributed by atoms with E-state index in [1.54, 1.807) is 30.3 Å². The second-order valence-corrected chi connectivity index (χ2v) is 8.23. The molecule has 3 rings (SSSR count). The van der Waals surface area contributed by atoms with Crippen LogP contribution in [-0.2, 0) is 10.0 Å². The van der Waals surface area contributed by atoms with Crippen LogP contribution in [0.1, 0.15) is 31.0 Å². The molecule has 0 fully saturated rings. The number of nitrogens with one attached hydrogen (secondary N) is 1. The molecule has 0 bridgehead atoms. The normalized spacial score (nSPS) is 11.6. The van der Waals surface area contributed by atoms with E-state index >= 15 is 0 Å². The van der Waals surface area contributed by atoms with Gasteiger partial charge in [0.25, 0.3) is 10.0 Å². The van der Waals surface area contributed by atoms with Crippen LogP contribution in [0.25, 0.3) is 11.3 Å². The summed E-state index contributed by atoms with van der Waals surface area (Å²) < 4.78 is 38.8. The largest absolute Gasteiger partial charge is 0.495 e. The second kappa shape index (κ2) is 7.44. The van der Waals surface area contributed by atoms with Crippen molar-refractivity contribution in [3.05, 3.63) is 59.8 Å². The zero-order chi connectivity index (χ0) is 19.6. The Balaban J connectivity index is 1.91. The minimum absolute atomic E-state index is 0.0536. The maximum Gasteiger partial charge on any atom is 0.265 e. The van der Waals surface area contributed by atoms with Crippen molar-refractivity contribution in [2.24, 2.45) is 0 Å². The van der Waals surface area contributed by atoms with Gasteiger partial charge in [0.2, 0.25) is 0 Å². The third kappa shape index (κ3) is 4.14. The van der Waals surface area contributed by atoms with Gasteiger partial charge in [-0.2, -0.15) is 0 Å². The van der Waals surface area contributed by atoms with Crippen LogP contribution in [0.3, 0.4) is 0 Å². The fourth-order valence-electron chi connectivity index (χ4n) is 2.69. The summed E-state index contributed by atoms with van der Waals surface area (Å²) in [6, 6.07) is 13.9. The number of hydrogen-bond acceptors (Lipinski definition) is 5. The Labute approximate surface area is 159 Å². The van der Waals surface area contributed by atoms with Crippen LogP contribution in [0, 0.1) is 6.92 Å². The van der Waals surface area contributed by atoms with Crippen LogP contribution >= 0.6 is 0 Å². The van der Waals surface area contributed by atoms with Crippen LogP contribution in [0.15, 0.2) is 57.9 Å². The highest BCUT2D eigenvalue weighted by Gasteiger charge is 2.21. The molecule has 0 atom stereocenters. The van der Waals surface area contributed by atoms with Gasteiger partial charge in [-0.25, -0.2) is 8.42 Å². The molecule has 2 aromatic carbocycles. The third-order valence-electron chi connectivity index (χ3n) is 4.20. The molecule has 7 heteroatoms. The Kier molecular flexibility index (Phi) is 5.23. The average molecular weight is 386 g/mol. The van der Waals surface area contributed by atoms with Gasteiger partial charge in [0, 0.05) is 17.3 Å². The minimum atomic E-state index is -3.80. The summed E-state index contributed by atoms with van der Waals surface area (Å²) in [5, 5.41) is 3.85. The molecule has 3 aromatic rings. The number of anilines is 1. The number of nitrogens with zero attached hydrogens (tertiary/aromatic N) is 1. The summed E-state index contributed by atoms with van der Waals surface area (Å²) in [6.45, 7) is 5.99. The lowest BCUT2D eigenvalue weighted by atomic mass is 10.0. The fraction of sp³-hybridized carbons (Fsp3) is 0.250. The number of ether oxygens (including phenoxy) is 1. The SMILES string of the molecule is COc1cc(-c2cc(C)no2)ccc1S(=O)(=O)Nc1ccc(C(C)C)cc1. The molecular formula is C20H22N2O4S. The number of aryl methyl sites for hydroxylation is 1. The average Bonchev–Trinajstić information content (AvgIpc) is 3.07. The third-order valence-corrected chi connectivity index (χ3v) is 5.62. The standard InChI is InChI=1S/C20H22N2O4S/c1-13(2)15-5-8-17(9-6-15)22-27(23,24)20-10-7-16(12-19(20)25-4)18-11-14(3)21-26-18/h5-13,22H,1-4H3. The summed E-state index contributed by atoms with van der Waals surface area (Å²) in [6.07, 6.45) is 0. The summed E-state index contributed by atoms with van der Waals surface area (Å²) in [5.74, 6) is 1.16. The first-order valence-corrected chi connectivity index (χ1v) is 10.0.